The Morgan fingerprint density at radius 1 is 1.30 bits per heavy atom. The number of benzene rings is 1. The van der Waals surface area contributed by atoms with Crippen molar-refractivity contribution in [2.24, 2.45) is 4.99 Å². The van der Waals surface area contributed by atoms with Crippen LogP contribution in [0.1, 0.15) is 40.0 Å². The predicted octanol–water partition coefficient (Wildman–Crippen LogP) is 5.04. The average Bonchev–Trinajstić information content (AvgIpc) is 3.14. The smallest absolute Gasteiger partial charge is 0.134 e. The largest absolute Gasteiger partial charge is 0.360 e. The molecule has 4 rings (SSSR count). The van der Waals surface area contributed by atoms with Crippen molar-refractivity contribution in [3.8, 4) is 6.07 Å². The van der Waals surface area contributed by atoms with E-state index in [1.165, 1.54) is 34.2 Å². The number of rotatable bonds is 2. The third kappa shape index (κ3) is 2.38. The molecular formula is C19H17N3S. The zero-order valence-electron chi connectivity index (χ0n) is 13.0. The van der Waals surface area contributed by atoms with Gasteiger partial charge >= 0.3 is 0 Å². The topological polar surface area (TPSA) is 51.9 Å². The van der Waals surface area contributed by atoms with Gasteiger partial charge in [0.1, 0.15) is 11.1 Å². The second-order valence-electron chi connectivity index (χ2n) is 6.00. The van der Waals surface area contributed by atoms with E-state index in [2.05, 4.69) is 41.2 Å². The summed E-state index contributed by atoms with van der Waals surface area (Å²) < 4.78 is 0. The highest BCUT2D eigenvalue weighted by molar-refractivity contribution is 7.16. The number of thiophene rings is 1. The second-order valence-corrected chi connectivity index (χ2v) is 7.09. The van der Waals surface area contributed by atoms with Crippen LogP contribution in [-0.4, -0.2) is 11.2 Å². The summed E-state index contributed by atoms with van der Waals surface area (Å²) in [5.74, 6) is 0. The Balaban J connectivity index is 1.75. The van der Waals surface area contributed by atoms with E-state index < -0.39 is 0 Å². The van der Waals surface area contributed by atoms with E-state index in [9.17, 15) is 5.26 Å². The van der Waals surface area contributed by atoms with Crippen molar-refractivity contribution in [2.75, 3.05) is 0 Å². The number of aromatic amines is 1. The summed E-state index contributed by atoms with van der Waals surface area (Å²) in [6.45, 7) is 2.10. The molecule has 2 heterocycles. The Morgan fingerprint density at radius 3 is 3.04 bits per heavy atom. The lowest BCUT2D eigenvalue weighted by Gasteiger charge is -2.09. The first kappa shape index (κ1) is 14.2. The van der Waals surface area contributed by atoms with Gasteiger partial charge in [0.25, 0.3) is 0 Å². The van der Waals surface area contributed by atoms with Crippen LogP contribution in [0.5, 0.6) is 0 Å². The van der Waals surface area contributed by atoms with Crippen molar-refractivity contribution in [3.05, 3.63) is 51.5 Å². The Bertz CT molecular complexity index is 953. The number of fused-ring (bicyclic) bond motifs is 2. The summed E-state index contributed by atoms with van der Waals surface area (Å²) in [5.41, 5.74) is 5.48. The van der Waals surface area contributed by atoms with Crippen LogP contribution in [-0.2, 0) is 12.8 Å². The quantitative estimate of drug-likeness (QED) is 0.661. The molecule has 1 N–H and O–H groups in total. The Morgan fingerprint density at radius 2 is 2.17 bits per heavy atom. The van der Waals surface area contributed by atoms with Crippen molar-refractivity contribution in [1.29, 1.82) is 5.26 Å². The third-order valence-electron chi connectivity index (χ3n) is 4.54. The van der Waals surface area contributed by atoms with Gasteiger partial charge < -0.3 is 4.98 Å². The minimum atomic E-state index is 0.789. The number of para-hydroxylation sites is 1. The van der Waals surface area contributed by atoms with Crippen molar-refractivity contribution in [3.63, 3.8) is 0 Å². The Kier molecular flexibility index (Phi) is 3.51. The highest BCUT2D eigenvalue weighted by Gasteiger charge is 2.20. The summed E-state index contributed by atoms with van der Waals surface area (Å²) in [6, 6.07) is 8.63. The maximum Gasteiger partial charge on any atom is 0.134 e. The van der Waals surface area contributed by atoms with Gasteiger partial charge in [-0.3, -0.25) is 0 Å². The monoisotopic (exact) mass is 319 g/mol. The molecule has 0 spiro atoms. The molecule has 0 amide bonds. The van der Waals surface area contributed by atoms with Gasteiger partial charge in [-0.15, -0.1) is 11.3 Å². The van der Waals surface area contributed by atoms with E-state index in [4.69, 9.17) is 0 Å². The molecule has 0 bridgehead atoms. The predicted molar refractivity (Wildman–Crippen MR) is 96.0 cm³/mol. The van der Waals surface area contributed by atoms with E-state index >= 15 is 0 Å². The fourth-order valence-corrected chi connectivity index (χ4v) is 4.50. The van der Waals surface area contributed by atoms with E-state index in [0.717, 1.165) is 34.5 Å². The zero-order valence-corrected chi connectivity index (χ0v) is 13.8. The van der Waals surface area contributed by atoms with Crippen LogP contribution in [0.3, 0.4) is 0 Å². The third-order valence-corrected chi connectivity index (χ3v) is 5.74. The SMILES string of the molecule is Cc1cccc2c(C=Nc3sc4c(c3C#N)CCCC4)c[nH]c12. The van der Waals surface area contributed by atoms with E-state index in [-0.39, 0.29) is 0 Å². The van der Waals surface area contributed by atoms with Gasteiger partial charge in [0, 0.05) is 33.8 Å². The first-order valence-corrected chi connectivity index (χ1v) is 8.75. The lowest BCUT2D eigenvalue weighted by molar-refractivity contribution is 0.696. The number of nitrogens with zero attached hydrogens (tertiary/aromatic N) is 2. The molecule has 0 saturated heterocycles. The number of H-pyrrole nitrogens is 1. The van der Waals surface area contributed by atoms with E-state index in [1.54, 1.807) is 11.3 Å². The molecule has 0 fully saturated rings. The standard InChI is InChI=1S/C19H17N3S/c1-12-5-4-7-14-13(10-21-18(12)14)11-22-19-16(9-20)15-6-2-3-8-17(15)23-19/h4-5,7,10-11,21H,2-3,6,8H2,1H3. The molecule has 1 aliphatic carbocycles. The number of aryl methyl sites for hydroxylation is 2. The highest BCUT2D eigenvalue weighted by Crippen LogP contribution is 2.39. The molecule has 3 aromatic rings. The molecular weight excluding hydrogens is 302 g/mol. The second kappa shape index (κ2) is 5.68. The molecule has 0 radical (unpaired) electrons. The number of aliphatic imine (C=N–C) groups is 1. The Hall–Kier alpha value is -2.38. The normalized spacial score (nSPS) is 14.3. The zero-order chi connectivity index (χ0) is 15.8. The first-order chi connectivity index (χ1) is 11.3. The Labute approximate surface area is 139 Å². The molecule has 114 valence electrons. The van der Waals surface area contributed by atoms with E-state index in [0.29, 0.717) is 0 Å². The molecule has 23 heavy (non-hydrogen) atoms. The lowest BCUT2D eigenvalue weighted by atomic mass is 9.96. The van der Waals surface area contributed by atoms with Crippen LogP contribution in [0.25, 0.3) is 10.9 Å². The van der Waals surface area contributed by atoms with Gasteiger partial charge in [-0.25, -0.2) is 4.99 Å². The highest BCUT2D eigenvalue weighted by atomic mass is 32.1. The summed E-state index contributed by atoms with van der Waals surface area (Å²) in [7, 11) is 0. The molecule has 0 saturated carbocycles. The van der Waals surface area contributed by atoms with Crippen LogP contribution >= 0.6 is 11.3 Å². The van der Waals surface area contributed by atoms with Crippen LogP contribution in [0.2, 0.25) is 0 Å². The molecule has 4 heteroatoms. The summed E-state index contributed by atoms with van der Waals surface area (Å²) in [4.78, 5) is 9.33. The van der Waals surface area contributed by atoms with Crippen molar-refractivity contribution in [1.82, 2.24) is 4.98 Å². The fraction of sp³-hybridized carbons (Fsp3) is 0.263. The maximum atomic E-state index is 9.51. The van der Waals surface area contributed by atoms with Crippen LogP contribution in [0.15, 0.2) is 29.4 Å². The van der Waals surface area contributed by atoms with Gasteiger partial charge in [0.15, 0.2) is 0 Å². The van der Waals surface area contributed by atoms with Crippen LogP contribution in [0.4, 0.5) is 5.00 Å². The van der Waals surface area contributed by atoms with Crippen molar-refractivity contribution in [2.45, 2.75) is 32.6 Å². The van der Waals surface area contributed by atoms with Crippen molar-refractivity contribution < 1.29 is 0 Å². The average molecular weight is 319 g/mol. The summed E-state index contributed by atoms with van der Waals surface area (Å²) in [6.07, 6.45) is 8.40. The van der Waals surface area contributed by atoms with Gasteiger partial charge in [-0.05, 0) is 43.7 Å². The van der Waals surface area contributed by atoms with Gasteiger partial charge in [0.2, 0.25) is 0 Å². The molecule has 1 aliphatic rings. The molecule has 0 atom stereocenters. The first-order valence-electron chi connectivity index (χ1n) is 7.93. The minimum absolute atomic E-state index is 0.789. The minimum Gasteiger partial charge on any atom is -0.360 e. The number of aromatic nitrogens is 1. The molecule has 0 aliphatic heterocycles. The number of nitriles is 1. The molecule has 1 aromatic carbocycles. The van der Waals surface area contributed by atoms with Gasteiger partial charge in [-0.1, -0.05) is 18.2 Å². The maximum absolute atomic E-state index is 9.51. The van der Waals surface area contributed by atoms with Crippen LogP contribution < -0.4 is 0 Å². The fourth-order valence-electron chi connectivity index (χ4n) is 3.32. The molecule has 3 nitrogen and oxygen atoms in total. The summed E-state index contributed by atoms with van der Waals surface area (Å²) in [5, 5.41) is 11.5. The summed E-state index contributed by atoms with van der Waals surface area (Å²) >= 11 is 1.69. The van der Waals surface area contributed by atoms with Gasteiger partial charge in [0.05, 0.1) is 5.56 Å². The molecule has 2 aromatic heterocycles. The van der Waals surface area contributed by atoms with Gasteiger partial charge in [-0.2, -0.15) is 5.26 Å². The van der Waals surface area contributed by atoms with Crippen LogP contribution in [0, 0.1) is 18.3 Å². The number of hydrogen-bond donors (Lipinski definition) is 1. The van der Waals surface area contributed by atoms with E-state index in [1.807, 2.05) is 12.4 Å². The number of nitrogens with one attached hydrogen (secondary N) is 1. The molecule has 0 unspecified atom stereocenters. The van der Waals surface area contributed by atoms with Crippen molar-refractivity contribution >= 4 is 33.5 Å². The lowest BCUT2D eigenvalue weighted by Crippen LogP contribution is -1.99. The number of hydrogen-bond acceptors (Lipinski definition) is 3.